The van der Waals surface area contributed by atoms with E-state index in [1.165, 1.54) is 19.3 Å². The molecule has 0 aromatic carbocycles. The predicted octanol–water partition coefficient (Wildman–Crippen LogP) is 1.67. The van der Waals surface area contributed by atoms with E-state index in [4.69, 9.17) is 9.26 Å². The molecule has 0 saturated carbocycles. The third-order valence-electron chi connectivity index (χ3n) is 4.26. The van der Waals surface area contributed by atoms with Crippen molar-refractivity contribution in [2.45, 2.75) is 38.8 Å². The molecule has 3 rings (SSSR count). The molecule has 3 heterocycles. The minimum Gasteiger partial charge on any atom is -0.377 e. The lowest BCUT2D eigenvalue weighted by Crippen LogP contribution is -2.48. The zero-order chi connectivity index (χ0) is 13.8. The van der Waals surface area contributed by atoms with Gasteiger partial charge in [-0.1, -0.05) is 5.16 Å². The lowest BCUT2D eigenvalue weighted by atomic mass is 10.1. The molecule has 5 heteroatoms. The minimum atomic E-state index is 0.466. The molecule has 2 fully saturated rings. The molecule has 0 amide bonds. The lowest BCUT2D eigenvalue weighted by molar-refractivity contribution is -0.0146. The number of hydrogen-bond acceptors (Lipinski definition) is 5. The van der Waals surface area contributed by atoms with Crippen molar-refractivity contribution in [2.75, 3.05) is 39.3 Å². The van der Waals surface area contributed by atoms with Crippen molar-refractivity contribution < 1.29 is 9.26 Å². The number of aromatic nitrogens is 1. The average molecular weight is 279 g/mol. The Kier molecular flexibility index (Phi) is 4.70. The third-order valence-corrected chi connectivity index (χ3v) is 4.26. The molecule has 0 N–H and O–H groups in total. The number of hydrogen-bond donors (Lipinski definition) is 0. The first-order valence-corrected chi connectivity index (χ1v) is 7.78. The fourth-order valence-electron chi connectivity index (χ4n) is 3.09. The maximum atomic E-state index is 5.83. The van der Waals surface area contributed by atoms with Gasteiger partial charge >= 0.3 is 0 Å². The highest BCUT2D eigenvalue weighted by Crippen LogP contribution is 2.15. The van der Waals surface area contributed by atoms with Crippen LogP contribution >= 0.6 is 0 Å². The summed E-state index contributed by atoms with van der Waals surface area (Å²) in [5.74, 6) is 0.896. The zero-order valence-electron chi connectivity index (χ0n) is 12.4. The molecular weight excluding hydrogens is 254 g/mol. The summed E-state index contributed by atoms with van der Waals surface area (Å²) in [6.45, 7) is 9.40. The van der Waals surface area contributed by atoms with Crippen LogP contribution in [-0.2, 0) is 11.3 Å². The molecule has 20 heavy (non-hydrogen) atoms. The van der Waals surface area contributed by atoms with Crippen molar-refractivity contribution in [1.82, 2.24) is 15.0 Å². The van der Waals surface area contributed by atoms with Crippen LogP contribution in [0.1, 0.15) is 30.7 Å². The summed E-state index contributed by atoms with van der Waals surface area (Å²) in [4.78, 5) is 5.00. The first kappa shape index (κ1) is 14.0. The van der Waals surface area contributed by atoms with Crippen LogP contribution in [0.4, 0.5) is 0 Å². The zero-order valence-corrected chi connectivity index (χ0v) is 12.4. The Labute approximate surface area is 120 Å². The fourth-order valence-corrected chi connectivity index (χ4v) is 3.09. The molecule has 1 aromatic heterocycles. The van der Waals surface area contributed by atoms with Crippen LogP contribution in [0.15, 0.2) is 10.6 Å². The highest BCUT2D eigenvalue weighted by atomic mass is 16.5. The van der Waals surface area contributed by atoms with Gasteiger partial charge < -0.3 is 9.26 Å². The second-order valence-corrected chi connectivity index (χ2v) is 5.99. The number of ether oxygens (including phenoxy) is 1. The molecule has 0 spiro atoms. The van der Waals surface area contributed by atoms with Crippen LogP contribution in [0.2, 0.25) is 0 Å². The molecular formula is C15H25N3O2. The van der Waals surface area contributed by atoms with Crippen LogP contribution in [0, 0.1) is 6.92 Å². The Bertz CT molecular complexity index is 407. The lowest BCUT2D eigenvalue weighted by Gasteiger charge is -2.36. The van der Waals surface area contributed by atoms with E-state index in [1.807, 2.05) is 13.0 Å². The normalized spacial score (nSPS) is 25.9. The SMILES string of the molecule is Cc1cc(CN2CCN(CC3CCCCO3)CC2)no1. The molecule has 1 unspecified atom stereocenters. The number of aryl methyl sites for hydroxylation is 1. The Morgan fingerprint density at radius 3 is 2.65 bits per heavy atom. The molecule has 1 aromatic rings. The smallest absolute Gasteiger partial charge is 0.133 e. The Hall–Kier alpha value is -0.910. The van der Waals surface area contributed by atoms with Crippen molar-refractivity contribution in [3.63, 3.8) is 0 Å². The Morgan fingerprint density at radius 1 is 1.20 bits per heavy atom. The molecule has 0 radical (unpaired) electrons. The molecule has 0 bridgehead atoms. The fraction of sp³-hybridized carbons (Fsp3) is 0.800. The molecule has 112 valence electrons. The summed E-state index contributed by atoms with van der Waals surface area (Å²) in [6, 6.07) is 2.03. The van der Waals surface area contributed by atoms with Crippen LogP contribution in [0.5, 0.6) is 0 Å². The van der Waals surface area contributed by atoms with Gasteiger partial charge in [-0.2, -0.15) is 0 Å². The standard InChI is InChI=1S/C15H25N3O2/c1-13-10-14(16-20-13)11-17-5-7-18(8-6-17)12-15-4-2-3-9-19-15/h10,15H,2-9,11-12H2,1H3. The minimum absolute atomic E-state index is 0.466. The average Bonchev–Trinajstić information content (AvgIpc) is 2.88. The van der Waals surface area contributed by atoms with Crippen molar-refractivity contribution in [3.8, 4) is 0 Å². The van der Waals surface area contributed by atoms with Gasteiger partial charge in [0.1, 0.15) is 5.76 Å². The summed E-state index contributed by atoms with van der Waals surface area (Å²) < 4.78 is 11.0. The van der Waals surface area contributed by atoms with Gasteiger partial charge in [0.15, 0.2) is 0 Å². The summed E-state index contributed by atoms with van der Waals surface area (Å²) in [7, 11) is 0. The second kappa shape index (κ2) is 6.70. The summed E-state index contributed by atoms with van der Waals surface area (Å²) in [5, 5.41) is 4.07. The maximum Gasteiger partial charge on any atom is 0.133 e. The van der Waals surface area contributed by atoms with E-state index in [1.54, 1.807) is 0 Å². The molecule has 0 aliphatic carbocycles. The molecule has 2 aliphatic heterocycles. The van der Waals surface area contributed by atoms with Crippen LogP contribution in [-0.4, -0.2) is 60.4 Å². The van der Waals surface area contributed by atoms with E-state index < -0.39 is 0 Å². The van der Waals surface area contributed by atoms with Crippen LogP contribution in [0.25, 0.3) is 0 Å². The van der Waals surface area contributed by atoms with E-state index in [9.17, 15) is 0 Å². The number of piperazine rings is 1. The van der Waals surface area contributed by atoms with Crippen molar-refractivity contribution in [1.29, 1.82) is 0 Å². The van der Waals surface area contributed by atoms with Gasteiger partial charge in [-0.15, -0.1) is 0 Å². The second-order valence-electron chi connectivity index (χ2n) is 5.99. The third kappa shape index (κ3) is 3.81. The largest absolute Gasteiger partial charge is 0.377 e. The Balaban J connectivity index is 1.40. The monoisotopic (exact) mass is 279 g/mol. The topological polar surface area (TPSA) is 41.7 Å². The number of rotatable bonds is 4. The van der Waals surface area contributed by atoms with E-state index in [0.29, 0.717) is 6.10 Å². The van der Waals surface area contributed by atoms with Gasteiger partial charge in [0, 0.05) is 51.9 Å². The molecule has 1 atom stereocenters. The van der Waals surface area contributed by atoms with Gasteiger partial charge in [-0.05, 0) is 26.2 Å². The van der Waals surface area contributed by atoms with Crippen LogP contribution < -0.4 is 0 Å². The highest BCUT2D eigenvalue weighted by molar-refractivity contribution is 5.03. The van der Waals surface area contributed by atoms with E-state index >= 15 is 0 Å². The predicted molar refractivity (Wildman–Crippen MR) is 76.5 cm³/mol. The highest BCUT2D eigenvalue weighted by Gasteiger charge is 2.22. The molecule has 5 nitrogen and oxygen atoms in total. The van der Waals surface area contributed by atoms with E-state index in [0.717, 1.165) is 57.3 Å². The quantitative estimate of drug-likeness (QED) is 0.838. The summed E-state index contributed by atoms with van der Waals surface area (Å²) in [5.41, 5.74) is 1.05. The summed E-state index contributed by atoms with van der Waals surface area (Å²) >= 11 is 0. The van der Waals surface area contributed by atoms with E-state index in [2.05, 4.69) is 15.0 Å². The van der Waals surface area contributed by atoms with Gasteiger partial charge in [0.25, 0.3) is 0 Å². The van der Waals surface area contributed by atoms with Gasteiger partial charge in [0.2, 0.25) is 0 Å². The first-order valence-electron chi connectivity index (χ1n) is 7.78. The van der Waals surface area contributed by atoms with Crippen molar-refractivity contribution >= 4 is 0 Å². The first-order chi connectivity index (χ1) is 9.79. The molecule has 2 aliphatic rings. The van der Waals surface area contributed by atoms with Gasteiger partial charge in [-0.3, -0.25) is 9.80 Å². The van der Waals surface area contributed by atoms with Crippen LogP contribution in [0.3, 0.4) is 0 Å². The number of nitrogens with zero attached hydrogens (tertiary/aromatic N) is 3. The van der Waals surface area contributed by atoms with Gasteiger partial charge in [-0.25, -0.2) is 0 Å². The maximum absolute atomic E-state index is 5.83. The van der Waals surface area contributed by atoms with E-state index in [-0.39, 0.29) is 0 Å². The Morgan fingerprint density at radius 2 is 2.00 bits per heavy atom. The van der Waals surface area contributed by atoms with Crippen molar-refractivity contribution in [3.05, 3.63) is 17.5 Å². The van der Waals surface area contributed by atoms with Crippen molar-refractivity contribution in [2.24, 2.45) is 0 Å². The van der Waals surface area contributed by atoms with Gasteiger partial charge in [0.05, 0.1) is 11.8 Å². The molecule has 2 saturated heterocycles. The summed E-state index contributed by atoms with van der Waals surface area (Å²) in [6.07, 6.45) is 4.27.